The molecule has 0 saturated carbocycles. The summed E-state index contributed by atoms with van der Waals surface area (Å²) in [4.78, 5) is 23.0. The third-order valence-corrected chi connectivity index (χ3v) is 6.48. The van der Waals surface area contributed by atoms with Crippen molar-refractivity contribution in [2.45, 2.75) is 25.8 Å². The number of aromatic nitrogens is 1. The molecule has 22 heavy (non-hydrogen) atoms. The van der Waals surface area contributed by atoms with Gasteiger partial charge in [0.1, 0.15) is 4.83 Å². The first-order chi connectivity index (χ1) is 10.5. The van der Waals surface area contributed by atoms with E-state index in [2.05, 4.69) is 4.98 Å². The maximum Gasteiger partial charge on any atom is 0.264 e. The highest BCUT2D eigenvalue weighted by Gasteiger charge is 2.27. The lowest BCUT2D eigenvalue weighted by molar-refractivity contribution is 0.0666. The maximum atomic E-state index is 12.7. The molecule has 3 heterocycles. The van der Waals surface area contributed by atoms with Crippen molar-refractivity contribution < 1.29 is 4.79 Å². The van der Waals surface area contributed by atoms with E-state index in [9.17, 15) is 4.79 Å². The molecule has 5 nitrogen and oxygen atoms in total. The van der Waals surface area contributed by atoms with Gasteiger partial charge >= 0.3 is 0 Å². The van der Waals surface area contributed by atoms with Crippen molar-refractivity contribution in [2.24, 2.45) is 11.7 Å². The highest BCUT2D eigenvalue weighted by molar-refractivity contribution is 7.29. The number of hydrogen-bond acceptors (Lipinski definition) is 6. The van der Waals surface area contributed by atoms with Gasteiger partial charge in [0.05, 0.1) is 9.58 Å². The zero-order valence-electron chi connectivity index (χ0n) is 13.2. The van der Waals surface area contributed by atoms with Crippen molar-refractivity contribution in [3.63, 3.8) is 0 Å². The van der Waals surface area contributed by atoms with Crippen LogP contribution in [0.15, 0.2) is 6.07 Å². The maximum absolute atomic E-state index is 12.7. The van der Waals surface area contributed by atoms with Gasteiger partial charge in [-0.15, -0.1) is 11.3 Å². The lowest BCUT2D eigenvalue weighted by Crippen LogP contribution is -2.44. The average Bonchev–Trinajstić information content (AvgIpc) is 3.05. The van der Waals surface area contributed by atoms with E-state index in [1.807, 2.05) is 36.9 Å². The van der Waals surface area contributed by atoms with Crippen LogP contribution in [0.2, 0.25) is 0 Å². The first-order valence-electron chi connectivity index (χ1n) is 7.58. The molecule has 0 aromatic carbocycles. The Morgan fingerprint density at radius 3 is 2.91 bits per heavy atom. The minimum atomic E-state index is 0.131. The summed E-state index contributed by atoms with van der Waals surface area (Å²) < 4.78 is 1.10. The van der Waals surface area contributed by atoms with Crippen LogP contribution in [0.3, 0.4) is 0 Å². The van der Waals surface area contributed by atoms with Gasteiger partial charge in [-0.1, -0.05) is 11.3 Å². The second-order valence-corrected chi connectivity index (χ2v) is 8.22. The quantitative estimate of drug-likeness (QED) is 0.934. The summed E-state index contributed by atoms with van der Waals surface area (Å²) in [7, 11) is 3.96. The number of carbonyl (C=O) groups excluding carboxylic acids is 1. The molecule has 2 unspecified atom stereocenters. The molecule has 7 heteroatoms. The Morgan fingerprint density at radius 1 is 1.50 bits per heavy atom. The fourth-order valence-electron chi connectivity index (χ4n) is 2.80. The van der Waals surface area contributed by atoms with Gasteiger partial charge in [-0.3, -0.25) is 4.79 Å². The monoisotopic (exact) mass is 338 g/mol. The topological polar surface area (TPSA) is 62.5 Å². The van der Waals surface area contributed by atoms with Crippen LogP contribution in [-0.2, 0) is 0 Å². The van der Waals surface area contributed by atoms with Gasteiger partial charge in [-0.25, -0.2) is 4.98 Å². The Hall–Kier alpha value is -1.18. The molecule has 0 spiro atoms. The van der Waals surface area contributed by atoms with Gasteiger partial charge in [0, 0.05) is 33.2 Å². The highest BCUT2D eigenvalue weighted by atomic mass is 32.1. The van der Waals surface area contributed by atoms with Crippen LogP contribution in [0, 0.1) is 5.92 Å². The molecular formula is C15H22N4OS2. The van der Waals surface area contributed by atoms with Crippen LogP contribution in [-0.4, -0.2) is 49.0 Å². The van der Waals surface area contributed by atoms with Crippen molar-refractivity contribution in [1.29, 1.82) is 0 Å². The number of nitrogens with zero attached hydrogens (tertiary/aromatic N) is 3. The lowest BCUT2D eigenvalue weighted by atomic mass is 9.92. The standard InChI is InChI=1S/C15H22N4OS2/c1-9(16)10-5-4-6-19(8-10)14(20)12-7-11-13(21-12)17-15(22-11)18(2)3/h7,9-10H,4-6,8,16H2,1-3H3. The number of thiophene rings is 1. The van der Waals surface area contributed by atoms with Gasteiger partial charge in [-0.05, 0) is 31.7 Å². The van der Waals surface area contributed by atoms with Crippen LogP contribution >= 0.6 is 22.7 Å². The number of carbonyl (C=O) groups is 1. The van der Waals surface area contributed by atoms with Gasteiger partial charge < -0.3 is 15.5 Å². The first-order valence-corrected chi connectivity index (χ1v) is 9.21. The summed E-state index contributed by atoms with van der Waals surface area (Å²) in [6.07, 6.45) is 2.16. The molecule has 1 amide bonds. The Balaban J connectivity index is 1.78. The molecule has 1 saturated heterocycles. The highest BCUT2D eigenvalue weighted by Crippen LogP contribution is 2.34. The number of thiazole rings is 1. The minimum Gasteiger partial charge on any atom is -0.354 e. The van der Waals surface area contributed by atoms with Gasteiger partial charge in [0.25, 0.3) is 5.91 Å². The first kappa shape index (κ1) is 15.7. The molecule has 2 N–H and O–H groups in total. The molecule has 1 aliphatic rings. The summed E-state index contributed by atoms with van der Waals surface area (Å²) in [6.45, 7) is 3.65. The van der Waals surface area contributed by atoms with Crippen molar-refractivity contribution in [2.75, 3.05) is 32.1 Å². The molecule has 2 atom stereocenters. The SMILES string of the molecule is CC(N)C1CCCN(C(=O)c2cc3sc(N(C)C)nc3s2)C1. The smallest absolute Gasteiger partial charge is 0.264 e. The lowest BCUT2D eigenvalue weighted by Gasteiger charge is -2.34. The third-order valence-electron chi connectivity index (χ3n) is 4.16. The zero-order valence-corrected chi connectivity index (χ0v) is 14.8. The third kappa shape index (κ3) is 2.98. The Morgan fingerprint density at radius 2 is 2.27 bits per heavy atom. The number of hydrogen-bond donors (Lipinski definition) is 1. The van der Waals surface area contributed by atoms with Crippen molar-refractivity contribution in [3.8, 4) is 0 Å². The molecule has 1 fully saturated rings. The molecular weight excluding hydrogens is 316 g/mol. The molecule has 0 bridgehead atoms. The Bertz CT molecular complexity index is 645. The van der Waals surface area contributed by atoms with Crippen molar-refractivity contribution in [1.82, 2.24) is 9.88 Å². The predicted molar refractivity (Wildman–Crippen MR) is 94.1 cm³/mol. The molecule has 120 valence electrons. The molecule has 2 aromatic heterocycles. The van der Waals surface area contributed by atoms with Gasteiger partial charge in [0.15, 0.2) is 5.13 Å². The van der Waals surface area contributed by atoms with Crippen LogP contribution in [0.1, 0.15) is 29.4 Å². The van der Waals surface area contributed by atoms with Crippen LogP contribution in [0.5, 0.6) is 0 Å². The van der Waals surface area contributed by atoms with E-state index in [0.717, 1.165) is 45.5 Å². The van der Waals surface area contributed by atoms with E-state index < -0.39 is 0 Å². The molecule has 0 radical (unpaired) electrons. The Labute approximate surface area is 138 Å². The van der Waals surface area contributed by atoms with Gasteiger partial charge in [-0.2, -0.15) is 0 Å². The number of likely N-dealkylation sites (tertiary alicyclic amines) is 1. The molecule has 3 rings (SSSR count). The predicted octanol–water partition coefficient (Wildman–Crippen LogP) is 2.62. The van der Waals surface area contributed by atoms with E-state index in [0.29, 0.717) is 5.92 Å². The average molecular weight is 339 g/mol. The largest absolute Gasteiger partial charge is 0.354 e. The number of piperidine rings is 1. The van der Waals surface area contributed by atoms with E-state index in [-0.39, 0.29) is 11.9 Å². The summed E-state index contributed by atoms with van der Waals surface area (Å²) >= 11 is 3.13. The van der Waals surface area contributed by atoms with Crippen LogP contribution in [0.25, 0.3) is 9.53 Å². The summed E-state index contributed by atoms with van der Waals surface area (Å²) in [6, 6.07) is 2.13. The van der Waals surface area contributed by atoms with Crippen LogP contribution in [0.4, 0.5) is 5.13 Å². The van der Waals surface area contributed by atoms with Crippen LogP contribution < -0.4 is 10.6 Å². The zero-order chi connectivity index (χ0) is 15.9. The number of rotatable bonds is 3. The van der Waals surface area contributed by atoms with Crippen molar-refractivity contribution >= 4 is 43.2 Å². The number of fused-ring (bicyclic) bond motifs is 1. The number of amides is 1. The molecule has 1 aliphatic heterocycles. The van der Waals surface area contributed by atoms with Crippen molar-refractivity contribution in [3.05, 3.63) is 10.9 Å². The molecule has 0 aliphatic carbocycles. The summed E-state index contributed by atoms with van der Waals surface area (Å²) in [5, 5.41) is 0.982. The fraction of sp³-hybridized carbons (Fsp3) is 0.600. The summed E-state index contributed by atoms with van der Waals surface area (Å²) in [5.41, 5.74) is 6.01. The summed E-state index contributed by atoms with van der Waals surface area (Å²) in [5.74, 6) is 0.546. The van der Waals surface area contributed by atoms with E-state index in [1.54, 1.807) is 11.3 Å². The number of anilines is 1. The van der Waals surface area contributed by atoms with E-state index in [1.165, 1.54) is 11.3 Å². The Kier molecular flexibility index (Phi) is 4.38. The van der Waals surface area contributed by atoms with E-state index >= 15 is 0 Å². The molecule has 2 aromatic rings. The fourth-order valence-corrected chi connectivity index (χ4v) is 4.90. The minimum absolute atomic E-state index is 0.131. The normalized spacial score (nSPS) is 20.4. The van der Waals surface area contributed by atoms with E-state index in [4.69, 9.17) is 5.73 Å². The second-order valence-electron chi connectivity index (χ2n) is 6.18. The second kappa shape index (κ2) is 6.14. The number of nitrogens with two attached hydrogens (primary N) is 1. The van der Waals surface area contributed by atoms with Gasteiger partial charge in [0.2, 0.25) is 0 Å².